The van der Waals surface area contributed by atoms with Gasteiger partial charge in [0, 0.05) is 23.8 Å². The maximum atomic E-state index is 12.1. The van der Waals surface area contributed by atoms with E-state index in [2.05, 4.69) is 10.3 Å². The highest BCUT2D eigenvalue weighted by Crippen LogP contribution is 2.23. The second-order valence-corrected chi connectivity index (χ2v) is 6.53. The van der Waals surface area contributed by atoms with Crippen LogP contribution in [0.4, 0.5) is 0 Å². The predicted octanol–water partition coefficient (Wildman–Crippen LogP) is 4.78. The molecule has 1 amide bonds. The van der Waals surface area contributed by atoms with Gasteiger partial charge in [-0.2, -0.15) is 0 Å². The molecule has 0 saturated heterocycles. The molecular formula is C22H21ClN2O3. The van der Waals surface area contributed by atoms with E-state index >= 15 is 0 Å². The van der Waals surface area contributed by atoms with Crippen LogP contribution in [0, 0.1) is 0 Å². The molecule has 144 valence electrons. The van der Waals surface area contributed by atoms with Crippen LogP contribution in [-0.2, 0) is 17.8 Å². The Bertz CT molecular complexity index is 912. The molecule has 0 spiro atoms. The van der Waals surface area contributed by atoms with Crippen molar-refractivity contribution in [3.63, 3.8) is 0 Å². The van der Waals surface area contributed by atoms with Crippen molar-refractivity contribution >= 4 is 17.5 Å². The van der Waals surface area contributed by atoms with Crippen LogP contribution in [0.2, 0.25) is 5.02 Å². The molecule has 0 radical (unpaired) electrons. The molecule has 0 aliphatic carbocycles. The topological polar surface area (TPSA) is 60.5 Å². The molecule has 1 heterocycles. The van der Waals surface area contributed by atoms with Gasteiger partial charge in [-0.3, -0.25) is 4.79 Å². The highest BCUT2D eigenvalue weighted by Gasteiger charge is 2.05. The average Bonchev–Trinajstić information content (AvgIpc) is 2.70. The van der Waals surface area contributed by atoms with E-state index in [9.17, 15) is 4.79 Å². The molecule has 0 atom stereocenters. The summed E-state index contributed by atoms with van der Waals surface area (Å²) < 4.78 is 11.2. The molecule has 0 aliphatic rings. The van der Waals surface area contributed by atoms with Crippen LogP contribution in [0.5, 0.6) is 17.4 Å². The van der Waals surface area contributed by atoms with Gasteiger partial charge in [-0.25, -0.2) is 4.98 Å². The van der Waals surface area contributed by atoms with Crippen molar-refractivity contribution < 1.29 is 14.3 Å². The summed E-state index contributed by atoms with van der Waals surface area (Å²) in [5.41, 5.74) is 1.82. The van der Waals surface area contributed by atoms with E-state index < -0.39 is 0 Å². The zero-order valence-electron chi connectivity index (χ0n) is 15.5. The van der Waals surface area contributed by atoms with Crippen molar-refractivity contribution in [2.75, 3.05) is 6.61 Å². The lowest BCUT2D eigenvalue weighted by molar-refractivity contribution is -0.120. The van der Waals surface area contributed by atoms with Crippen molar-refractivity contribution in [3.05, 3.63) is 83.0 Å². The minimum Gasteiger partial charge on any atom is -0.494 e. The van der Waals surface area contributed by atoms with Gasteiger partial charge < -0.3 is 14.8 Å². The van der Waals surface area contributed by atoms with Crippen LogP contribution in [0.1, 0.15) is 18.1 Å². The molecule has 0 bridgehead atoms. The Hall–Kier alpha value is -3.05. The first-order chi connectivity index (χ1) is 13.6. The van der Waals surface area contributed by atoms with E-state index in [1.807, 2.05) is 49.4 Å². The first-order valence-corrected chi connectivity index (χ1v) is 9.37. The number of amides is 1. The highest BCUT2D eigenvalue weighted by atomic mass is 35.5. The zero-order valence-corrected chi connectivity index (χ0v) is 16.3. The van der Waals surface area contributed by atoms with Crippen molar-refractivity contribution in [1.29, 1.82) is 0 Å². The normalized spacial score (nSPS) is 10.4. The molecule has 6 heteroatoms. The lowest BCUT2D eigenvalue weighted by Crippen LogP contribution is -2.24. The van der Waals surface area contributed by atoms with Crippen LogP contribution >= 0.6 is 11.6 Å². The number of nitrogens with one attached hydrogen (secondary N) is 1. The van der Waals surface area contributed by atoms with Gasteiger partial charge in [0.1, 0.15) is 11.5 Å². The van der Waals surface area contributed by atoms with E-state index in [0.717, 1.165) is 16.9 Å². The summed E-state index contributed by atoms with van der Waals surface area (Å²) in [5.74, 6) is 1.86. The summed E-state index contributed by atoms with van der Waals surface area (Å²) in [6.07, 6.45) is 1.96. The fourth-order valence-corrected chi connectivity index (χ4v) is 2.68. The Morgan fingerprint density at radius 2 is 1.71 bits per heavy atom. The Labute approximate surface area is 169 Å². The summed E-state index contributed by atoms with van der Waals surface area (Å²) >= 11 is 5.86. The molecule has 5 nitrogen and oxygen atoms in total. The largest absolute Gasteiger partial charge is 0.494 e. The van der Waals surface area contributed by atoms with Crippen molar-refractivity contribution in [2.45, 2.75) is 19.9 Å². The van der Waals surface area contributed by atoms with Gasteiger partial charge in [0.25, 0.3) is 0 Å². The van der Waals surface area contributed by atoms with Crippen LogP contribution < -0.4 is 14.8 Å². The van der Waals surface area contributed by atoms with Gasteiger partial charge in [0.05, 0.1) is 13.0 Å². The fraction of sp³-hybridized carbons (Fsp3) is 0.182. The molecule has 0 saturated carbocycles. The Kier molecular flexibility index (Phi) is 6.87. The van der Waals surface area contributed by atoms with E-state index in [-0.39, 0.29) is 5.91 Å². The Morgan fingerprint density at radius 3 is 2.43 bits per heavy atom. The quantitative estimate of drug-likeness (QED) is 0.595. The van der Waals surface area contributed by atoms with Crippen LogP contribution in [0.15, 0.2) is 66.9 Å². The number of pyridine rings is 1. The predicted molar refractivity (Wildman–Crippen MR) is 109 cm³/mol. The molecule has 3 rings (SSSR count). The Morgan fingerprint density at radius 1 is 1.00 bits per heavy atom. The van der Waals surface area contributed by atoms with Crippen molar-refractivity contribution in [3.8, 4) is 17.4 Å². The van der Waals surface area contributed by atoms with E-state index in [0.29, 0.717) is 36.2 Å². The first kappa shape index (κ1) is 19.7. The maximum Gasteiger partial charge on any atom is 0.224 e. The van der Waals surface area contributed by atoms with Gasteiger partial charge in [0.15, 0.2) is 0 Å². The van der Waals surface area contributed by atoms with E-state index in [4.69, 9.17) is 21.1 Å². The number of halogens is 1. The van der Waals surface area contributed by atoms with Gasteiger partial charge in [-0.05, 0) is 60.5 Å². The molecular weight excluding hydrogens is 376 g/mol. The van der Waals surface area contributed by atoms with Crippen LogP contribution in [0.25, 0.3) is 0 Å². The number of nitrogens with zero attached hydrogens (tertiary/aromatic N) is 1. The third-order valence-electron chi connectivity index (χ3n) is 3.92. The maximum absolute atomic E-state index is 12.1. The lowest BCUT2D eigenvalue weighted by atomic mass is 10.1. The number of rotatable bonds is 8. The summed E-state index contributed by atoms with van der Waals surface area (Å²) in [6, 6.07) is 18.2. The first-order valence-electron chi connectivity index (χ1n) is 8.99. The second kappa shape index (κ2) is 9.76. The van der Waals surface area contributed by atoms with E-state index in [1.165, 1.54) is 0 Å². The van der Waals surface area contributed by atoms with Crippen molar-refractivity contribution in [2.24, 2.45) is 0 Å². The minimum atomic E-state index is -0.0619. The fourth-order valence-electron chi connectivity index (χ4n) is 2.56. The summed E-state index contributed by atoms with van der Waals surface area (Å²) in [5, 5.41) is 3.56. The SMILES string of the molecule is CCOc1ccc(Oc2cc(CNC(=O)Cc3ccc(Cl)cc3)ccn2)cc1. The highest BCUT2D eigenvalue weighted by molar-refractivity contribution is 6.30. The molecule has 28 heavy (non-hydrogen) atoms. The van der Waals surface area contributed by atoms with Gasteiger partial charge in [0.2, 0.25) is 11.8 Å². The number of aromatic nitrogens is 1. The summed E-state index contributed by atoms with van der Waals surface area (Å²) in [4.78, 5) is 16.3. The third-order valence-corrected chi connectivity index (χ3v) is 4.18. The standard InChI is InChI=1S/C22H21ClN2O3/c1-2-27-19-7-9-20(10-8-19)28-22-14-17(11-12-24-22)15-25-21(26)13-16-3-5-18(23)6-4-16/h3-12,14H,2,13,15H2,1H3,(H,25,26). The molecule has 0 aliphatic heterocycles. The molecule has 1 N–H and O–H groups in total. The number of hydrogen-bond donors (Lipinski definition) is 1. The number of hydrogen-bond acceptors (Lipinski definition) is 4. The van der Waals surface area contributed by atoms with Crippen molar-refractivity contribution in [1.82, 2.24) is 10.3 Å². The lowest BCUT2D eigenvalue weighted by Gasteiger charge is -2.09. The average molecular weight is 397 g/mol. The Balaban J connectivity index is 1.54. The molecule has 2 aromatic carbocycles. The van der Waals surface area contributed by atoms with Gasteiger partial charge in [-0.15, -0.1) is 0 Å². The molecule has 0 unspecified atom stereocenters. The molecule has 1 aromatic heterocycles. The number of benzene rings is 2. The second-order valence-electron chi connectivity index (χ2n) is 6.09. The monoisotopic (exact) mass is 396 g/mol. The van der Waals surface area contributed by atoms with Gasteiger partial charge in [-0.1, -0.05) is 23.7 Å². The number of ether oxygens (including phenoxy) is 2. The van der Waals surface area contributed by atoms with Crippen LogP contribution in [0.3, 0.4) is 0 Å². The number of carbonyl (C=O) groups is 1. The third kappa shape index (κ3) is 5.99. The summed E-state index contributed by atoms with van der Waals surface area (Å²) in [6.45, 7) is 2.95. The minimum absolute atomic E-state index is 0.0619. The van der Waals surface area contributed by atoms with Gasteiger partial charge >= 0.3 is 0 Å². The summed E-state index contributed by atoms with van der Waals surface area (Å²) in [7, 11) is 0. The molecule has 3 aromatic rings. The number of carbonyl (C=O) groups excluding carboxylic acids is 1. The smallest absolute Gasteiger partial charge is 0.224 e. The zero-order chi connectivity index (χ0) is 19.8. The van der Waals surface area contributed by atoms with E-state index in [1.54, 1.807) is 24.4 Å². The van der Waals surface area contributed by atoms with Crippen LogP contribution in [-0.4, -0.2) is 17.5 Å². The molecule has 0 fully saturated rings.